The Balaban J connectivity index is 1.56. The summed E-state index contributed by atoms with van der Waals surface area (Å²) in [4.78, 5) is 15.3. The predicted octanol–water partition coefficient (Wildman–Crippen LogP) is 4.62. The molecule has 1 saturated heterocycles. The molecule has 0 spiro atoms. The van der Waals surface area contributed by atoms with Gasteiger partial charge in [0.25, 0.3) is 0 Å². The van der Waals surface area contributed by atoms with Gasteiger partial charge in [0.15, 0.2) is 5.78 Å². The fourth-order valence-corrected chi connectivity index (χ4v) is 4.40. The number of aryl methyl sites for hydroxylation is 1. The molecule has 34 heavy (non-hydrogen) atoms. The van der Waals surface area contributed by atoms with Crippen LogP contribution >= 0.6 is 0 Å². The van der Waals surface area contributed by atoms with Crippen LogP contribution in [0.5, 0.6) is 11.5 Å². The molecule has 1 atom stereocenters. The second-order valence-corrected chi connectivity index (χ2v) is 8.77. The van der Waals surface area contributed by atoms with Crippen LogP contribution in [-0.4, -0.2) is 48.6 Å². The molecule has 3 aromatic rings. The van der Waals surface area contributed by atoms with Gasteiger partial charge in [0.1, 0.15) is 11.5 Å². The molecule has 5 heteroatoms. The first-order valence-electron chi connectivity index (χ1n) is 11.7. The van der Waals surface area contributed by atoms with E-state index in [1.807, 2.05) is 37.3 Å². The van der Waals surface area contributed by atoms with Crippen LogP contribution in [0.3, 0.4) is 0 Å². The van der Waals surface area contributed by atoms with Gasteiger partial charge in [-0.15, -0.1) is 0 Å². The first kappa shape index (κ1) is 23.7. The Labute approximate surface area is 201 Å². The van der Waals surface area contributed by atoms with E-state index in [1.54, 1.807) is 25.3 Å². The van der Waals surface area contributed by atoms with Gasteiger partial charge in [0.2, 0.25) is 0 Å². The molecule has 0 aliphatic carbocycles. The third kappa shape index (κ3) is 5.74. The maximum atomic E-state index is 12.9. The van der Waals surface area contributed by atoms with Crippen molar-refractivity contribution in [3.05, 3.63) is 101 Å². The Morgan fingerprint density at radius 2 is 1.88 bits per heavy atom. The highest BCUT2D eigenvalue weighted by Gasteiger charge is 2.26. The maximum absolute atomic E-state index is 12.9. The number of piperazine rings is 1. The van der Waals surface area contributed by atoms with Crippen LogP contribution in [0.15, 0.2) is 72.8 Å². The van der Waals surface area contributed by atoms with Gasteiger partial charge in [-0.2, -0.15) is 0 Å². The van der Waals surface area contributed by atoms with E-state index in [0.29, 0.717) is 17.9 Å². The van der Waals surface area contributed by atoms with Crippen LogP contribution in [0, 0.1) is 6.92 Å². The molecule has 0 aromatic heterocycles. The minimum absolute atomic E-state index is 0.00472. The van der Waals surface area contributed by atoms with Crippen LogP contribution < -0.4 is 10.1 Å². The number of ether oxygens (including phenoxy) is 1. The minimum Gasteiger partial charge on any atom is -0.507 e. The Morgan fingerprint density at radius 3 is 2.62 bits per heavy atom. The number of ketones is 1. The summed E-state index contributed by atoms with van der Waals surface area (Å²) in [5.74, 6) is 0.353. The molecule has 1 aliphatic heterocycles. The molecule has 1 fully saturated rings. The van der Waals surface area contributed by atoms with Gasteiger partial charge in [-0.05, 0) is 42.7 Å². The number of hydrogen-bond donors (Lipinski definition) is 2. The lowest BCUT2D eigenvalue weighted by molar-refractivity contribution is 0.104. The van der Waals surface area contributed by atoms with Crippen molar-refractivity contribution in [2.45, 2.75) is 25.9 Å². The number of carbonyl (C=O) groups is 1. The Morgan fingerprint density at radius 1 is 1.12 bits per heavy atom. The Hall–Kier alpha value is -3.41. The molecule has 1 heterocycles. The summed E-state index contributed by atoms with van der Waals surface area (Å²) in [6.45, 7) is 5.14. The van der Waals surface area contributed by atoms with Crippen molar-refractivity contribution in [3.8, 4) is 11.5 Å². The lowest BCUT2D eigenvalue weighted by Gasteiger charge is -2.37. The fraction of sp³-hybridized carbons (Fsp3) is 0.276. The number of nitrogens with one attached hydrogen (secondary N) is 1. The van der Waals surface area contributed by atoms with Gasteiger partial charge in [-0.1, -0.05) is 66.2 Å². The first-order valence-corrected chi connectivity index (χ1v) is 11.7. The fourth-order valence-electron chi connectivity index (χ4n) is 4.40. The molecule has 0 saturated carbocycles. The summed E-state index contributed by atoms with van der Waals surface area (Å²) in [5, 5.41) is 14.6. The first-order chi connectivity index (χ1) is 16.5. The molecule has 1 unspecified atom stereocenters. The van der Waals surface area contributed by atoms with Crippen molar-refractivity contribution in [3.63, 3.8) is 0 Å². The number of nitrogens with zero attached hydrogens (tertiary/aromatic N) is 1. The predicted molar refractivity (Wildman–Crippen MR) is 136 cm³/mol. The largest absolute Gasteiger partial charge is 0.507 e. The van der Waals surface area contributed by atoms with Gasteiger partial charge in [-0.25, -0.2) is 0 Å². The number of phenolic OH excluding ortho intramolecular Hbond substituents is 1. The van der Waals surface area contributed by atoms with Crippen LogP contribution in [-0.2, 0) is 13.0 Å². The molecular weight excluding hydrogens is 424 g/mol. The number of carbonyl (C=O) groups excluding carboxylic acids is 1. The van der Waals surface area contributed by atoms with Crippen molar-refractivity contribution in [1.29, 1.82) is 0 Å². The number of methoxy groups -OCH3 is 1. The molecule has 176 valence electrons. The van der Waals surface area contributed by atoms with Gasteiger partial charge in [0.05, 0.1) is 18.2 Å². The Kier molecular flexibility index (Phi) is 7.78. The monoisotopic (exact) mass is 456 g/mol. The third-order valence-electron chi connectivity index (χ3n) is 6.38. The lowest BCUT2D eigenvalue weighted by atomic mass is 9.99. The quantitative estimate of drug-likeness (QED) is 0.383. The zero-order chi connectivity index (χ0) is 23.9. The standard InChI is InChI=1S/C29H32N2O3/c1-21-8-10-22(11-9-21)12-14-27(32)25-13-15-28(34-2)26(29(25)33)20-31-17-16-30-19-24(31)18-23-6-4-3-5-7-23/h3-15,24,30,33H,16-20H2,1-2H3/b14-12+. The minimum atomic E-state index is -0.233. The number of benzene rings is 3. The van der Waals surface area contributed by atoms with Crippen molar-refractivity contribution >= 4 is 11.9 Å². The molecule has 5 nitrogen and oxygen atoms in total. The van der Waals surface area contributed by atoms with Crippen molar-refractivity contribution in [2.24, 2.45) is 0 Å². The topological polar surface area (TPSA) is 61.8 Å². The highest BCUT2D eigenvalue weighted by atomic mass is 16.5. The second-order valence-electron chi connectivity index (χ2n) is 8.77. The van der Waals surface area contributed by atoms with Crippen molar-refractivity contribution < 1.29 is 14.6 Å². The van der Waals surface area contributed by atoms with E-state index < -0.39 is 0 Å². The normalized spacial score (nSPS) is 16.6. The summed E-state index contributed by atoms with van der Waals surface area (Å²) >= 11 is 0. The zero-order valence-electron chi connectivity index (χ0n) is 19.8. The molecule has 4 rings (SSSR count). The highest BCUT2D eigenvalue weighted by Crippen LogP contribution is 2.34. The van der Waals surface area contributed by atoms with Crippen LogP contribution in [0.25, 0.3) is 6.08 Å². The summed E-state index contributed by atoms with van der Waals surface area (Å²) in [6, 6.07) is 22.1. The SMILES string of the molecule is COc1ccc(C(=O)/C=C/c2ccc(C)cc2)c(O)c1CN1CCNCC1Cc1ccccc1. The second kappa shape index (κ2) is 11.1. The smallest absolute Gasteiger partial charge is 0.189 e. The number of hydrogen-bond acceptors (Lipinski definition) is 5. The van der Waals surface area contributed by atoms with E-state index >= 15 is 0 Å². The molecule has 3 aromatic carbocycles. The van der Waals surface area contributed by atoms with Crippen LogP contribution in [0.4, 0.5) is 0 Å². The molecule has 0 radical (unpaired) electrons. The van der Waals surface area contributed by atoms with E-state index in [9.17, 15) is 9.90 Å². The molecule has 1 aliphatic rings. The van der Waals surface area contributed by atoms with Crippen molar-refractivity contribution in [2.75, 3.05) is 26.7 Å². The lowest BCUT2D eigenvalue weighted by Crippen LogP contribution is -2.51. The summed E-state index contributed by atoms with van der Waals surface area (Å²) in [5.41, 5.74) is 4.32. The Bertz CT molecular complexity index is 1140. The summed E-state index contributed by atoms with van der Waals surface area (Å²) < 4.78 is 5.56. The van der Waals surface area contributed by atoms with Gasteiger partial charge in [0, 0.05) is 32.2 Å². The molecular formula is C29H32N2O3. The number of allylic oxidation sites excluding steroid dienone is 1. The molecule has 0 amide bonds. The number of phenols is 1. The zero-order valence-corrected chi connectivity index (χ0v) is 19.8. The van der Waals surface area contributed by atoms with E-state index in [0.717, 1.165) is 31.6 Å². The summed E-state index contributed by atoms with van der Waals surface area (Å²) in [7, 11) is 1.59. The highest BCUT2D eigenvalue weighted by molar-refractivity contribution is 6.09. The number of aromatic hydroxyl groups is 1. The van der Waals surface area contributed by atoms with Gasteiger partial charge < -0.3 is 15.2 Å². The maximum Gasteiger partial charge on any atom is 0.189 e. The average molecular weight is 457 g/mol. The molecule has 2 N–H and O–H groups in total. The summed E-state index contributed by atoms with van der Waals surface area (Å²) in [6.07, 6.45) is 4.20. The van der Waals surface area contributed by atoms with Crippen molar-refractivity contribution in [1.82, 2.24) is 10.2 Å². The van der Waals surface area contributed by atoms with Gasteiger partial charge in [-0.3, -0.25) is 9.69 Å². The van der Waals surface area contributed by atoms with Gasteiger partial charge >= 0.3 is 0 Å². The van der Waals surface area contributed by atoms with Crippen LogP contribution in [0.2, 0.25) is 0 Å². The van der Waals surface area contributed by atoms with E-state index in [2.05, 4.69) is 34.5 Å². The van der Waals surface area contributed by atoms with E-state index in [4.69, 9.17) is 4.74 Å². The van der Waals surface area contributed by atoms with E-state index in [-0.39, 0.29) is 23.1 Å². The molecule has 0 bridgehead atoms. The number of rotatable bonds is 8. The van der Waals surface area contributed by atoms with Crippen LogP contribution in [0.1, 0.15) is 32.6 Å². The third-order valence-corrected chi connectivity index (χ3v) is 6.38. The average Bonchev–Trinajstić information content (AvgIpc) is 2.86. The van der Waals surface area contributed by atoms with E-state index in [1.165, 1.54) is 17.2 Å².